The zero-order valence-corrected chi connectivity index (χ0v) is 14.2. The van der Waals surface area contributed by atoms with Crippen molar-refractivity contribution < 1.29 is 19.4 Å². The van der Waals surface area contributed by atoms with Crippen LogP contribution in [-0.2, 0) is 4.74 Å². The topological polar surface area (TPSA) is 84.4 Å². The summed E-state index contributed by atoms with van der Waals surface area (Å²) in [6.07, 6.45) is 1.26. The second kappa shape index (κ2) is 7.36. The van der Waals surface area contributed by atoms with Crippen LogP contribution in [0.3, 0.4) is 0 Å². The first-order valence-electron chi connectivity index (χ1n) is 8.11. The van der Waals surface area contributed by atoms with Crippen LogP contribution in [0.25, 0.3) is 10.9 Å². The van der Waals surface area contributed by atoms with Crippen LogP contribution in [0.5, 0.6) is 5.75 Å². The number of carbonyl (C=O) groups is 1. The quantitative estimate of drug-likeness (QED) is 0.673. The van der Waals surface area contributed by atoms with Gasteiger partial charge in [0.2, 0.25) is 0 Å². The van der Waals surface area contributed by atoms with Crippen molar-refractivity contribution >= 4 is 16.9 Å². The van der Waals surface area contributed by atoms with Gasteiger partial charge >= 0.3 is 5.97 Å². The molecule has 0 spiro atoms. The van der Waals surface area contributed by atoms with Gasteiger partial charge in [0.15, 0.2) is 0 Å². The number of hydrogen-bond acceptors (Lipinski definition) is 5. The third kappa shape index (κ3) is 3.34. The number of benzene rings is 1. The predicted octanol–water partition coefficient (Wildman–Crippen LogP) is 3.22. The number of nitrogens with one attached hydrogen (secondary N) is 1. The third-order valence-corrected chi connectivity index (χ3v) is 3.93. The summed E-state index contributed by atoms with van der Waals surface area (Å²) < 4.78 is 10.5. The average molecular weight is 340 g/mol. The summed E-state index contributed by atoms with van der Waals surface area (Å²) in [4.78, 5) is 19.7. The molecule has 0 unspecified atom stereocenters. The Morgan fingerprint density at radius 1 is 1.32 bits per heavy atom. The Morgan fingerprint density at radius 3 is 2.84 bits per heavy atom. The molecule has 2 N–H and O–H groups in total. The molecule has 0 saturated carbocycles. The number of nitrogens with zero attached hydrogens (tertiary/aromatic N) is 1. The first-order valence-corrected chi connectivity index (χ1v) is 8.11. The van der Waals surface area contributed by atoms with Crippen molar-refractivity contribution in [1.29, 1.82) is 0 Å². The van der Waals surface area contributed by atoms with E-state index in [0.29, 0.717) is 34.5 Å². The molecule has 0 aliphatic rings. The van der Waals surface area contributed by atoms with Gasteiger partial charge in [-0.1, -0.05) is 13.0 Å². The van der Waals surface area contributed by atoms with E-state index in [1.807, 2.05) is 6.92 Å². The van der Waals surface area contributed by atoms with Crippen LogP contribution in [0, 0.1) is 0 Å². The number of esters is 1. The van der Waals surface area contributed by atoms with Crippen LogP contribution in [0.15, 0.2) is 42.6 Å². The van der Waals surface area contributed by atoms with Crippen LogP contribution in [0.1, 0.15) is 41.2 Å². The SMILES string of the molecule is CCCOC(=O)c1[nH]c2ccc(OC)cc2c1[C@@H](O)c1ccccn1. The molecule has 0 aliphatic carbocycles. The molecule has 0 radical (unpaired) electrons. The number of aliphatic hydroxyl groups excluding tert-OH is 1. The third-order valence-electron chi connectivity index (χ3n) is 3.93. The van der Waals surface area contributed by atoms with E-state index in [1.54, 1.807) is 49.7 Å². The number of hydrogen-bond donors (Lipinski definition) is 2. The summed E-state index contributed by atoms with van der Waals surface area (Å²) in [7, 11) is 1.57. The van der Waals surface area contributed by atoms with E-state index in [1.165, 1.54) is 0 Å². The van der Waals surface area contributed by atoms with E-state index in [0.717, 1.165) is 6.42 Å². The number of H-pyrrole nitrogens is 1. The summed E-state index contributed by atoms with van der Waals surface area (Å²) in [6.45, 7) is 2.24. The first kappa shape index (κ1) is 17.0. The number of aromatic nitrogens is 2. The fourth-order valence-electron chi connectivity index (χ4n) is 2.72. The van der Waals surface area contributed by atoms with Gasteiger partial charge in [0.05, 0.1) is 19.4 Å². The van der Waals surface area contributed by atoms with E-state index in [-0.39, 0.29) is 5.69 Å². The minimum absolute atomic E-state index is 0.231. The number of rotatable bonds is 6. The lowest BCUT2D eigenvalue weighted by Gasteiger charge is -2.12. The second-order valence-corrected chi connectivity index (χ2v) is 5.62. The molecule has 1 aromatic carbocycles. The molecule has 6 heteroatoms. The maximum atomic E-state index is 12.5. The lowest BCUT2D eigenvalue weighted by molar-refractivity contribution is 0.0494. The van der Waals surface area contributed by atoms with Crippen molar-refractivity contribution in [1.82, 2.24) is 9.97 Å². The van der Waals surface area contributed by atoms with E-state index >= 15 is 0 Å². The molecule has 130 valence electrons. The number of fused-ring (bicyclic) bond motifs is 1. The van der Waals surface area contributed by atoms with Crippen LogP contribution in [0.4, 0.5) is 0 Å². The van der Waals surface area contributed by atoms with Crippen LogP contribution in [0.2, 0.25) is 0 Å². The molecule has 2 heterocycles. The molecule has 0 aliphatic heterocycles. The smallest absolute Gasteiger partial charge is 0.355 e. The number of aliphatic hydroxyl groups is 1. The highest BCUT2D eigenvalue weighted by molar-refractivity contribution is 5.99. The maximum absolute atomic E-state index is 12.5. The highest BCUT2D eigenvalue weighted by Crippen LogP contribution is 2.34. The molecule has 25 heavy (non-hydrogen) atoms. The highest BCUT2D eigenvalue weighted by Gasteiger charge is 2.26. The van der Waals surface area contributed by atoms with Gasteiger partial charge in [-0.15, -0.1) is 0 Å². The average Bonchev–Trinajstić information content (AvgIpc) is 3.04. The van der Waals surface area contributed by atoms with Gasteiger partial charge in [-0.05, 0) is 36.8 Å². The van der Waals surface area contributed by atoms with Crippen LogP contribution in [-0.4, -0.2) is 34.8 Å². The Morgan fingerprint density at radius 2 is 2.16 bits per heavy atom. The highest BCUT2D eigenvalue weighted by atomic mass is 16.5. The van der Waals surface area contributed by atoms with Crippen molar-refractivity contribution in [3.63, 3.8) is 0 Å². The van der Waals surface area contributed by atoms with Crippen molar-refractivity contribution in [2.24, 2.45) is 0 Å². The Hall–Kier alpha value is -2.86. The Bertz CT molecular complexity index is 874. The molecule has 0 amide bonds. The monoisotopic (exact) mass is 340 g/mol. The van der Waals surface area contributed by atoms with Gasteiger partial charge in [-0.25, -0.2) is 4.79 Å². The van der Waals surface area contributed by atoms with E-state index < -0.39 is 12.1 Å². The minimum Gasteiger partial charge on any atom is -0.497 e. The van der Waals surface area contributed by atoms with Crippen molar-refractivity contribution in [2.45, 2.75) is 19.4 Å². The van der Waals surface area contributed by atoms with Crippen LogP contribution < -0.4 is 4.74 Å². The number of ether oxygens (including phenoxy) is 2. The molecule has 6 nitrogen and oxygen atoms in total. The summed E-state index contributed by atoms with van der Waals surface area (Å²) in [6, 6.07) is 10.6. The summed E-state index contributed by atoms with van der Waals surface area (Å²) in [5.41, 5.74) is 1.84. The normalized spacial score (nSPS) is 12.1. The van der Waals surface area contributed by atoms with Gasteiger partial charge in [-0.2, -0.15) is 0 Å². The summed E-state index contributed by atoms with van der Waals surface area (Å²) >= 11 is 0. The minimum atomic E-state index is -1.06. The Labute approximate surface area is 145 Å². The second-order valence-electron chi connectivity index (χ2n) is 5.62. The first-order chi connectivity index (χ1) is 12.2. The molecular formula is C19H20N2O4. The summed E-state index contributed by atoms with van der Waals surface area (Å²) in [5, 5.41) is 11.6. The van der Waals surface area contributed by atoms with Crippen molar-refractivity contribution in [2.75, 3.05) is 13.7 Å². The Balaban J connectivity index is 2.16. The van der Waals surface area contributed by atoms with Gasteiger partial charge in [0.1, 0.15) is 17.5 Å². The maximum Gasteiger partial charge on any atom is 0.355 e. The zero-order chi connectivity index (χ0) is 17.8. The number of aromatic amines is 1. The molecule has 0 saturated heterocycles. The van der Waals surface area contributed by atoms with Crippen molar-refractivity contribution in [3.05, 3.63) is 59.5 Å². The molecule has 0 bridgehead atoms. The number of methoxy groups -OCH3 is 1. The van der Waals surface area contributed by atoms with E-state index in [4.69, 9.17) is 9.47 Å². The lowest BCUT2D eigenvalue weighted by atomic mass is 10.0. The lowest BCUT2D eigenvalue weighted by Crippen LogP contribution is -2.12. The van der Waals surface area contributed by atoms with Gasteiger partial charge in [0, 0.05) is 22.7 Å². The largest absolute Gasteiger partial charge is 0.497 e. The fraction of sp³-hybridized carbons (Fsp3) is 0.263. The standard InChI is InChI=1S/C19H20N2O4/c1-3-10-25-19(23)17-16(18(22)15-6-4-5-9-20-15)13-11-12(24-2)7-8-14(13)21-17/h4-9,11,18,21-22H,3,10H2,1-2H3/t18-/m0/s1. The van der Waals surface area contributed by atoms with E-state index in [9.17, 15) is 9.90 Å². The fourth-order valence-corrected chi connectivity index (χ4v) is 2.72. The Kier molecular flexibility index (Phi) is 5.00. The number of carbonyl (C=O) groups excluding carboxylic acids is 1. The predicted molar refractivity (Wildman–Crippen MR) is 93.7 cm³/mol. The molecule has 3 aromatic rings. The van der Waals surface area contributed by atoms with Crippen LogP contribution >= 0.6 is 0 Å². The zero-order valence-electron chi connectivity index (χ0n) is 14.2. The molecule has 1 atom stereocenters. The number of pyridine rings is 1. The van der Waals surface area contributed by atoms with Gasteiger partial charge in [0.25, 0.3) is 0 Å². The molecule has 2 aromatic heterocycles. The van der Waals surface area contributed by atoms with Gasteiger partial charge in [-0.3, -0.25) is 4.98 Å². The van der Waals surface area contributed by atoms with E-state index in [2.05, 4.69) is 9.97 Å². The molecule has 3 rings (SSSR count). The van der Waals surface area contributed by atoms with Crippen molar-refractivity contribution in [3.8, 4) is 5.75 Å². The molecular weight excluding hydrogens is 320 g/mol. The molecule has 0 fully saturated rings. The summed E-state index contributed by atoms with van der Waals surface area (Å²) in [5.74, 6) is 0.136. The van der Waals surface area contributed by atoms with Gasteiger partial charge < -0.3 is 19.6 Å².